The quantitative estimate of drug-likeness (QED) is 0.334. The number of methoxy groups -OCH3 is 2. The van der Waals surface area contributed by atoms with E-state index in [1.54, 1.807) is 12.1 Å². The van der Waals surface area contributed by atoms with E-state index in [-0.39, 0.29) is 11.3 Å². The average molecular weight is 475 g/mol. The number of carbonyl (C=O) groups is 1. The second kappa shape index (κ2) is 9.35. The van der Waals surface area contributed by atoms with Crippen LogP contribution in [-0.2, 0) is 5.41 Å². The molecule has 1 aromatic heterocycles. The van der Waals surface area contributed by atoms with Crippen molar-refractivity contribution in [3.8, 4) is 22.8 Å². The number of hydrogen-bond donors (Lipinski definition) is 1. The van der Waals surface area contributed by atoms with Gasteiger partial charge in [-0.2, -0.15) is 0 Å². The lowest BCUT2D eigenvalue weighted by molar-refractivity contribution is 0.102. The van der Waals surface area contributed by atoms with Crippen LogP contribution in [0.25, 0.3) is 22.2 Å². The summed E-state index contributed by atoms with van der Waals surface area (Å²) in [7, 11) is 3.04. The third-order valence-electron chi connectivity index (χ3n) is 5.73. The number of para-hydroxylation sites is 1. The van der Waals surface area contributed by atoms with Gasteiger partial charge in [-0.15, -0.1) is 0 Å². The van der Waals surface area contributed by atoms with Crippen LogP contribution in [0, 0.1) is 0 Å². The van der Waals surface area contributed by atoms with Crippen molar-refractivity contribution in [1.29, 1.82) is 0 Å². The molecule has 1 N–H and O–H groups in total. The second-order valence-corrected chi connectivity index (χ2v) is 9.45. The Morgan fingerprint density at radius 2 is 1.59 bits per heavy atom. The molecule has 5 nitrogen and oxygen atoms in total. The summed E-state index contributed by atoms with van der Waals surface area (Å²) in [6, 6.07) is 21.0. The summed E-state index contributed by atoms with van der Waals surface area (Å²) in [5.74, 6) is 0.598. The minimum absolute atomic E-state index is 0.0546. The number of rotatable bonds is 5. The summed E-state index contributed by atoms with van der Waals surface area (Å²) >= 11 is 6.21. The van der Waals surface area contributed by atoms with E-state index >= 15 is 0 Å². The van der Waals surface area contributed by atoms with E-state index in [1.165, 1.54) is 19.8 Å². The minimum atomic E-state index is -0.283. The Labute approximate surface area is 204 Å². The zero-order valence-electron chi connectivity index (χ0n) is 19.9. The van der Waals surface area contributed by atoms with Crippen molar-refractivity contribution >= 4 is 34.1 Å². The maximum atomic E-state index is 13.5. The van der Waals surface area contributed by atoms with Gasteiger partial charge in [-0.05, 0) is 23.1 Å². The number of fused-ring (bicyclic) bond motifs is 1. The van der Waals surface area contributed by atoms with Gasteiger partial charge < -0.3 is 14.8 Å². The summed E-state index contributed by atoms with van der Waals surface area (Å²) in [5, 5.41) is 4.10. The number of ether oxygens (including phenoxy) is 2. The molecule has 34 heavy (non-hydrogen) atoms. The van der Waals surface area contributed by atoms with Gasteiger partial charge in [0.15, 0.2) is 0 Å². The van der Waals surface area contributed by atoms with E-state index in [4.69, 9.17) is 26.1 Å². The lowest BCUT2D eigenvalue weighted by Crippen LogP contribution is -2.14. The third kappa shape index (κ3) is 4.70. The molecule has 0 aliphatic heterocycles. The van der Waals surface area contributed by atoms with Crippen LogP contribution >= 0.6 is 11.6 Å². The van der Waals surface area contributed by atoms with Crippen LogP contribution in [0.15, 0.2) is 66.7 Å². The summed E-state index contributed by atoms with van der Waals surface area (Å²) in [4.78, 5) is 18.3. The summed E-state index contributed by atoms with van der Waals surface area (Å²) in [6.45, 7) is 6.54. The van der Waals surface area contributed by atoms with Crippen molar-refractivity contribution in [2.24, 2.45) is 0 Å². The molecule has 0 aliphatic rings. The number of hydrogen-bond acceptors (Lipinski definition) is 4. The molecule has 4 rings (SSSR count). The number of benzene rings is 3. The van der Waals surface area contributed by atoms with E-state index < -0.39 is 0 Å². The highest BCUT2D eigenvalue weighted by Crippen LogP contribution is 2.36. The monoisotopic (exact) mass is 474 g/mol. The molecule has 0 bridgehead atoms. The number of amides is 1. The van der Waals surface area contributed by atoms with Gasteiger partial charge >= 0.3 is 0 Å². The zero-order valence-corrected chi connectivity index (χ0v) is 20.7. The van der Waals surface area contributed by atoms with Crippen molar-refractivity contribution in [3.63, 3.8) is 0 Å². The molecule has 174 valence electrons. The molecule has 0 saturated heterocycles. The van der Waals surface area contributed by atoms with Crippen LogP contribution < -0.4 is 14.8 Å². The number of nitrogens with zero attached hydrogens (tertiary/aromatic N) is 1. The van der Waals surface area contributed by atoms with Gasteiger partial charge in [0, 0.05) is 23.1 Å². The molecule has 3 aromatic carbocycles. The molecule has 1 amide bonds. The largest absolute Gasteiger partial charge is 0.495 e. The maximum absolute atomic E-state index is 13.5. The van der Waals surface area contributed by atoms with Gasteiger partial charge in [0.05, 0.1) is 41.7 Å². The standard InChI is InChI=1S/C28H27ClN2O3/c1-28(2,3)18-12-10-17(11-13-18)23-14-20(19-8-6-7-9-22(19)30-23)27(32)31-24-16-25(33-4)21(29)15-26(24)34-5/h6-16H,1-5H3,(H,31,32). The molecule has 0 unspecified atom stereocenters. The van der Waals surface area contributed by atoms with Crippen LogP contribution in [0.4, 0.5) is 5.69 Å². The lowest BCUT2D eigenvalue weighted by atomic mass is 9.86. The molecular weight excluding hydrogens is 448 g/mol. The predicted molar refractivity (Wildman–Crippen MR) is 138 cm³/mol. The Bertz CT molecular complexity index is 1360. The summed E-state index contributed by atoms with van der Waals surface area (Å²) in [6.07, 6.45) is 0. The van der Waals surface area contributed by atoms with Crippen LogP contribution in [0.5, 0.6) is 11.5 Å². The number of anilines is 1. The number of pyridine rings is 1. The number of aromatic nitrogens is 1. The fourth-order valence-electron chi connectivity index (χ4n) is 3.80. The van der Waals surface area contributed by atoms with Crippen LogP contribution in [0.2, 0.25) is 5.02 Å². The molecular formula is C28H27ClN2O3. The first-order valence-corrected chi connectivity index (χ1v) is 11.3. The third-order valence-corrected chi connectivity index (χ3v) is 6.02. The second-order valence-electron chi connectivity index (χ2n) is 9.04. The highest BCUT2D eigenvalue weighted by molar-refractivity contribution is 6.32. The minimum Gasteiger partial charge on any atom is -0.495 e. The Morgan fingerprint density at radius 1 is 0.912 bits per heavy atom. The highest BCUT2D eigenvalue weighted by atomic mass is 35.5. The Morgan fingerprint density at radius 3 is 2.24 bits per heavy atom. The first kappa shape index (κ1) is 23.6. The summed E-state index contributed by atoms with van der Waals surface area (Å²) in [5.41, 5.74) is 4.68. The van der Waals surface area contributed by atoms with Crippen LogP contribution in [0.3, 0.4) is 0 Å². The maximum Gasteiger partial charge on any atom is 0.256 e. The van der Waals surface area contributed by atoms with E-state index in [0.29, 0.717) is 27.8 Å². The van der Waals surface area contributed by atoms with Crippen LogP contribution in [0.1, 0.15) is 36.7 Å². The fourth-order valence-corrected chi connectivity index (χ4v) is 4.03. The average Bonchev–Trinajstić information content (AvgIpc) is 2.83. The van der Waals surface area contributed by atoms with Gasteiger partial charge in [-0.1, -0.05) is 74.8 Å². The normalized spacial score (nSPS) is 11.4. The fraction of sp³-hybridized carbons (Fsp3) is 0.214. The molecule has 6 heteroatoms. The first-order valence-electron chi connectivity index (χ1n) is 10.9. The van der Waals surface area contributed by atoms with Crippen molar-refractivity contribution in [2.75, 3.05) is 19.5 Å². The molecule has 0 atom stereocenters. The summed E-state index contributed by atoms with van der Waals surface area (Å²) < 4.78 is 10.7. The Balaban J connectivity index is 1.78. The topological polar surface area (TPSA) is 60.5 Å². The lowest BCUT2D eigenvalue weighted by Gasteiger charge is -2.19. The zero-order chi connectivity index (χ0) is 24.5. The smallest absolute Gasteiger partial charge is 0.256 e. The number of halogens is 1. The molecule has 0 fully saturated rings. The van der Waals surface area contributed by atoms with Gasteiger partial charge in [-0.3, -0.25) is 4.79 Å². The molecule has 4 aromatic rings. The molecule has 0 saturated carbocycles. The van der Waals surface area contributed by atoms with E-state index in [9.17, 15) is 4.79 Å². The van der Waals surface area contributed by atoms with Gasteiger partial charge in [0.1, 0.15) is 11.5 Å². The van der Waals surface area contributed by atoms with E-state index in [1.807, 2.05) is 42.5 Å². The van der Waals surface area contributed by atoms with Crippen molar-refractivity contribution in [2.45, 2.75) is 26.2 Å². The number of carbonyl (C=O) groups excluding carboxylic acids is 1. The molecule has 0 aliphatic carbocycles. The van der Waals surface area contributed by atoms with Gasteiger partial charge in [0.2, 0.25) is 0 Å². The van der Waals surface area contributed by atoms with Crippen LogP contribution in [-0.4, -0.2) is 25.1 Å². The van der Waals surface area contributed by atoms with E-state index in [0.717, 1.165) is 22.2 Å². The number of nitrogens with one attached hydrogen (secondary N) is 1. The Kier molecular flexibility index (Phi) is 6.49. The van der Waals surface area contributed by atoms with Gasteiger partial charge in [-0.25, -0.2) is 4.98 Å². The predicted octanol–water partition coefficient (Wildman–Crippen LogP) is 7.12. The Hall–Kier alpha value is -3.57. The van der Waals surface area contributed by atoms with Crippen molar-refractivity contribution in [1.82, 2.24) is 4.98 Å². The van der Waals surface area contributed by atoms with Crippen molar-refractivity contribution < 1.29 is 14.3 Å². The first-order chi connectivity index (χ1) is 16.2. The molecule has 1 heterocycles. The van der Waals surface area contributed by atoms with E-state index in [2.05, 4.69) is 38.2 Å². The SMILES string of the molecule is COc1cc(NC(=O)c2cc(-c3ccc(C(C)(C)C)cc3)nc3ccccc23)c(OC)cc1Cl. The highest BCUT2D eigenvalue weighted by Gasteiger charge is 2.18. The van der Waals surface area contributed by atoms with Crippen molar-refractivity contribution in [3.05, 3.63) is 82.9 Å². The molecule has 0 radical (unpaired) electrons. The molecule has 0 spiro atoms. The van der Waals surface area contributed by atoms with Gasteiger partial charge in [0.25, 0.3) is 5.91 Å².